The number of esters is 2. The van der Waals surface area contributed by atoms with Crippen LogP contribution in [0.25, 0.3) is 0 Å². The van der Waals surface area contributed by atoms with E-state index in [9.17, 15) is 14.4 Å². The van der Waals surface area contributed by atoms with Crippen molar-refractivity contribution in [2.24, 2.45) is 0 Å². The maximum atomic E-state index is 12.8. The van der Waals surface area contributed by atoms with Crippen LogP contribution in [0.15, 0.2) is 0 Å². The van der Waals surface area contributed by atoms with Gasteiger partial charge in [0.25, 0.3) is 0 Å². The summed E-state index contributed by atoms with van der Waals surface area (Å²) in [6.45, 7) is 14.7. The minimum atomic E-state index is -0.0430. The minimum Gasteiger partial charge on any atom is -0.466 e. The molecule has 0 fully saturated rings. The van der Waals surface area contributed by atoms with E-state index in [1.54, 1.807) is 0 Å². The SMILES string of the molecule is CCCCCCC(CCCCCC)OC.CCCCCCCCOC(=O)CCN(CCCN(C)C)C(CCCCCCCCC=O)CCCCCCCCC(=O)OC(CCCCCC)CCCCCC.SS. The molecule has 1 unspecified atom stereocenters. The Morgan fingerprint density at radius 3 is 1.26 bits per heavy atom. The Labute approximate surface area is 460 Å². The van der Waals surface area contributed by atoms with E-state index in [2.05, 4.69) is 81.8 Å². The highest BCUT2D eigenvalue weighted by Crippen LogP contribution is 2.22. The molecular weight excluding hydrogens is 933 g/mol. The molecule has 0 aromatic rings. The standard InChI is InChI=1S/C48H94N2O5.C14H30O.H2S2/c1-6-9-12-15-25-32-44-54-47(52)39-42-50(41-33-40-49(4)5)45(34-26-21-17-16-20-24-31-43-51)35-27-22-18-19-23-30-38-48(53)55-46(36-28-13-10-7-2)37-29-14-11-8-3;1-4-6-8-10-12-14(15-3)13-11-9-7-5-2;1-2/h43,45-46H,6-42,44H2,1-5H3;14H,4-13H2,1-3H3;1-2H. The second kappa shape index (κ2) is 64.5. The van der Waals surface area contributed by atoms with Gasteiger partial charge in [-0.15, -0.1) is 23.3 Å². The van der Waals surface area contributed by atoms with Crippen LogP contribution in [0.3, 0.4) is 0 Å². The van der Waals surface area contributed by atoms with Gasteiger partial charge in [0.1, 0.15) is 12.4 Å². The number of carbonyl (C=O) groups is 3. The Morgan fingerprint density at radius 1 is 0.431 bits per heavy atom. The largest absolute Gasteiger partial charge is 0.466 e. The zero-order valence-corrected chi connectivity index (χ0v) is 51.3. The van der Waals surface area contributed by atoms with Gasteiger partial charge in [-0.3, -0.25) is 14.5 Å². The molecule has 8 nitrogen and oxygen atoms in total. The summed E-state index contributed by atoms with van der Waals surface area (Å²) in [5, 5.41) is 0. The van der Waals surface area contributed by atoms with Gasteiger partial charge in [-0.1, -0.05) is 221 Å². The van der Waals surface area contributed by atoms with Crippen molar-refractivity contribution in [3.63, 3.8) is 0 Å². The zero-order chi connectivity index (χ0) is 53.8. The first-order valence-corrected chi connectivity index (χ1v) is 32.7. The maximum Gasteiger partial charge on any atom is 0.307 e. The second-order valence-electron chi connectivity index (χ2n) is 21.5. The molecule has 0 bridgehead atoms. The molecule has 0 radical (unpaired) electrons. The number of methoxy groups -OCH3 is 1. The Hall–Kier alpha value is -0.810. The van der Waals surface area contributed by atoms with Crippen molar-refractivity contribution in [1.29, 1.82) is 0 Å². The van der Waals surface area contributed by atoms with Crippen molar-refractivity contribution in [2.75, 3.05) is 47.4 Å². The number of hydrogen-bond donors (Lipinski definition) is 2. The van der Waals surface area contributed by atoms with Gasteiger partial charge < -0.3 is 23.9 Å². The fourth-order valence-corrected chi connectivity index (χ4v) is 9.71. The van der Waals surface area contributed by atoms with E-state index in [0.717, 1.165) is 83.7 Å². The van der Waals surface area contributed by atoms with Crippen LogP contribution in [-0.4, -0.2) is 93.7 Å². The third-order valence-corrected chi connectivity index (χ3v) is 14.4. The van der Waals surface area contributed by atoms with Gasteiger partial charge in [-0.2, -0.15) is 0 Å². The van der Waals surface area contributed by atoms with Crippen molar-refractivity contribution in [3.8, 4) is 0 Å². The summed E-state index contributed by atoms with van der Waals surface area (Å²) in [6.07, 6.45) is 53.3. The summed E-state index contributed by atoms with van der Waals surface area (Å²) in [6, 6.07) is 0.496. The predicted molar refractivity (Wildman–Crippen MR) is 321 cm³/mol. The highest BCUT2D eigenvalue weighted by Gasteiger charge is 2.20. The van der Waals surface area contributed by atoms with E-state index in [1.165, 1.54) is 205 Å². The third-order valence-electron chi connectivity index (χ3n) is 14.4. The Balaban J connectivity index is -0.00000237. The first-order valence-electron chi connectivity index (χ1n) is 31.1. The highest BCUT2D eigenvalue weighted by molar-refractivity contribution is 8.59. The van der Waals surface area contributed by atoms with Crippen LogP contribution in [-0.2, 0) is 28.6 Å². The minimum absolute atomic E-state index is 0.0143. The molecule has 0 spiro atoms. The lowest BCUT2D eigenvalue weighted by Gasteiger charge is -2.32. The van der Waals surface area contributed by atoms with Gasteiger partial charge >= 0.3 is 11.9 Å². The monoisotopic (exact) mass is 1060 g/mol. The summed E-state index contributed by atoms with van der Waals surface area (Å²) in [4.78, 5) is 41.1. The quantitative estimate of drug-likeness (QED) is 0.0205. The van der Waals surface area contributed by atoms with Gasteiger partial charge in [-0.05, 0) is 104 Å². The maximum absolute atomic E-state index is 12.8. The third kappa shape index (κ3) is 58.5. The number of carbonyl (C=O) groups excluding carboxylic acids is 3. The van der Waals surface area contributed by atoms with Gasteiger partial charge in [0, 0.05) is 32.5 Å². The molecule has 0 aliphatic carbocycles. The van der Waals surface area contributed by atoms with Crippen LogP contribution in [0, 0.1) is 0 Å². The molecule has 1 atom stereocenters. The van der Waals surface area contributed by atoms with E-state index in [-0.39, 0.29) is 18.0 Å². The fourth-order valence-electron chi connectivity index (χ4n) is 9.71. The summed E-state index contributed by atoms with van der Waals surface area (Å²) < 4.78 is 17.2. The van der Waals surface area contributed by atoms with Gasteiger partial charge in [0.05, 0.1) is 19.1 Å². The topological polar surface area (TPSA) is 85.4 Å². The molecule has 0 aliphatic heterocycles. The fraction of sp³-hybridized carbons (Fsp3) is 0.952. The number of aldehydes is 1. The number of thiol groups is 2. The number of rotatable bonds is 55. The van der Waals surface area contributed by atoms with Crippen LogP contribution in [0.2, 0.25) is 0 Å². The molecule has 0 amide bonds. The molecule has 0 saturated heterocycles. The first kappa shape index (κ1) is 75.4. The summed E-state index contributed by atoms with van der Waals surface area (Å²) in [7, 11) is 6.15. The number of nitrogens with zero attached hydrogens (tertiary/aromatic N) is 2. The van der Waals surface area contributed by atoms with Gasteiger partial charge in [0.2, 0.25) is 0 Å². The Kier molecular flexibility index (Phi) is 67.5. The average molecular weight is 1060 g/mol. The van der Waals surface area contributed by atoms with Crippen molar-refractivity contribution in [3.05, 3.63) is 0 Å². The highest BCUT2D eigenvalue weighted by atomic mass is 33.1. The second-order valence-corrected chi connectivity index (χ2v) is 21.5. The summed E-state index contributed by atoms with van der Waals surface area (Å²) >= 11 is 6.44. The molecule has 0 saturated carbocycles. The zero-order valence-electron chi connectivity index (χ0n) is 49.5. The van der Waals surface area contributed by atoms with Crippen molar-refractivity contribution in [2.45, 2.75) is 335 Å². The predicted octanol–water partition coefficient (Wildman–Crippen LogP) is 18.9. The Morgan fingerprint density at radius 2 is 0.819 bits per heavy atom. The lowest BCUT2D eigenvalue weighted by atomic mass is 9.98. The number of hydrogen-bond acceptors (Lipinski definition) is 10. The van der Waals surface area contributed by atoms with Gasteiger partial charge in [-0.25, -0.2) is 0 Å². The lowest BCUT2D eigenvalue weighted by Crippen LogP contribution is -2.39. The molecule has 0 heterocycles. The molecule has 0 rings (SSSR count). The van der Waals surface area contributed by atoms with E-state index < -0.39 is 0 Å². The summed E-state index contributed by atoms with van der Waals surface area (Å²) in [5.74, 6) is -0.0287. The van der Waals surface area contributed by atoms with Gasteiger partial charge in [0.15, 0.2) is 0 Å². The normalized spacial score (nSPS) is 11.8. The molecule has 10 heteroatoms. The number of unbranched alkanes of at least 4 members (excludes halogenated alkanes) is 28. The molecular formula is C62H126N2O6S2. The van der Waals surface area contributed by atoms with Crippen LogP contribution in [0.1, 0.15) is 317 Å². The van der Waals surface area contributed by atoms with Crippen LogP contribution >= 0.6 is 23.3 Å². The smallest absolute Gasteiger partial charge is 0.307 e. The average Bonchev–Trinajstić information content (AvgIpc) is 3.38. The molecule has 72 heavy (non-hydrogen) atoms. The molecule has 432 valence electrons. The number of ether oxygens (including phenoxy) is 3. The summed E-state index contributed by atoms with van der Waals surface area (Å²) in [5.41, 5.74) is 0. The molecule has 0 aliphatic rings. The van der Waals surface area contributed by atoms with Crippen molar-refractivity contribution < 1.29 is 28.6 Å². The molecule has 0 aromatic carbocycles. The lowest BCUT2D eigenvalue weighted by molar-refractivity contribution is -0.150. The van der Waals surface area contributed by atoms with Crippen LogP contribution in [0.5, 0.6) is 0 Å². The van der Waals surface area contributed by atoms with Crippen molar-refractivity contribution >= 4 is 41.5 Å². The van der Waals surface area contributed by atoms with Crippen LogP contribution in [0.4, 0.5) is 0 Å². The van der Waals surface area contributed by atoms with E-state index in [1.807, 2.05) is 7.11 Å². The van der Waals surface area contributed by atoms with Crippen molar-refractivity contribution in [1.82, 2.24) is 9.80 Å². The molecule has 0 N–H and O–H groups in total. The Bertz CT molecular complexity index is 1050. The van der Waals surface area contributed by atoms with E-state index in [0.29, 0.717) is 38.0 Å². The molecule has 0 aromatic heterocycles. The van der Waals surface area contributed by atoms with E-state index >= 15 is 0 Å². The first-order chi connectivity index (χ1) is 35.2. The van der Waals surface area contributed by atoms with Crippen LogP contribution < -0.4 is 0 Å². The van der Waals surface area contributed by atoms with E-state index in [4.69, 9.17) is 14.2 Å².